The van der Waals surface area contributed by atoms with Gasteiger partial charge in [0.05, 0.1) is 21.5 Å². The quantitative estimate of drug-likeness (QED) is 0.382. The van der Waals surface area contributed by atoms with Crippen LogP contribution in [0.15, 0.2) is 79.0 Å². The second-order valence-corrected chi connectivity index (χ2v) is 6.53. The minimum Gasteiger partial charge on any atom is -0.288 e. The van der Waals surface area contributed by atoms with Gasteiger partial charge in [0.2, 0.25) is 0 Å². The summed E-state index contributed by atoms with van der Waals surface area (Å²) in [5.41, 5.74) is 2.84. The van der Waals surface area contributed by atoms with Gasteiger partial charge in [0, 0.05) is 11.8 Å². The standard InChI is InChI=1S/C21H14N2OS/c24-20(15-8-2-1-3-9-15)17(14-16-10-6-7-13-22-16)21-23-18-11-4-5-12-19(18)25-21/h1-14H. The summed E-state index contributed by atoms with van der Waals surface area (Å²) in [5.74, 6) is -0.0506. The smallest absolute Gasteiger partial charge is 0.196 e. The number of thiazole rings is 1. The molecular formula is C21H14N2OS. The van der Waals surface area contributed by atoms with Crippen LogP contribution in [0.4, 0.5) is 0 Å². The number of pyridine rings is 1. The summed E-state index contributed by atoms with van der Waals surface area (Å²) in [6.45, 7) is 0. The second kappa shape index (κ2) is 6.79. The van der Waals surface area contributed by atoms with Gasteiger partial charge in [-0.05, 0) is 30.3 Å². The molecule has 0 spiro atoms. The summed E-state index contributed by atoms with van der Waals surface area (Å²) in [5, 5.41) is 0.709. The number of hydrogen-bond acceptors (Lipinski definition) is 4. The van der Waals surface area contributed by atoms with Gasteiger partial charge in [-0.2, -0.15) is 0 Å². The van der Waals surface area contributed by atoms with Crippen molar-refractivity contribution in [1.82, 2.24) is 9.97 Å². The number of carbonyl (C=O) groups is 1. The Morgan fingerprint density at radius 3 is 2.40 bits per heavy atom. The number of para-hydroxylation sites is 1. The van der Waals surface area contributed by atoms with Crippen LogP contribution in [-0.4, -0.2) is 15.8 Å². The number of fused-ring (bicyclic) bond motifs is 1. The number of rotatable bonds is 4. The number of carbonyl (C=O) groups excluding carboxylic acids is 1. The molecular weight excluding hydrogens is 328 g/mol. The molecule has 0 amide bonds. The van der Waals surface area contributed by atoms with E-state index in [1.54, 1.807) is 6.20 Å². The molecule has 2 aromatic heterocycles. The summed E-state index contributed by atoms with van der Waals surface area (Å²) in [7, 11) is 0. The van der Waals surface area contributed by atoms with Gasteiger partial charge >= 0.3 is 0 Å². The van der Waals surface area contributed by atoms with Crippen LogP contribution in [-0.2, 0) is 0 Å². The highest BCUT2D eigenvalue weighted by Crippen LogP contribution is 2.30. The van der Waals surface area contributed by atoms with Gasteiger partial charge in [-0.25, -0.2) is 4.98 Å². The Hall–Kier alpha value is -3.11. The molecule has 0 saturated heterocycles. The highest BCUT2D eigenvalue weighted by atomic mass is 32.1. The monoisotopic (exact) mass is 342 g/mol. The number of benzene rings is 2. The summed E-state index contributed by atoms with van der Waals surface area (Å²) < 4.78 is 1.06. The van der Waals surface area contributed by atoms with Crippen molar-refractivity contribution in [3.05, 3.63) is 95.3 Å². The average molecular weight is 342 g/mol. The number of ketones is 1. The lowest BCUT2D eigenvalue weighted by Gasteiger charge is -2.04. The van der Waals surface area contributed by atoms with Crippen molar-refractivity contribution < 1.29 is 4.79 Å². The molecule has 0 radical (unpaired) electrons. The highest BCUT2D eigenvalue weighted by Gasteiger charge is 2.18. The fourth-order valence-electron chi connectivity index (χ4n) is 2.57. The third-order valence-electron chi connectivity index (χ3n) is 3.78. The Labute approximate surface area is 149 Å². The minimum atomic E-state index is -0.0506. The molecule has 0 bridgehead atoms. The SMILES string of the molecule is O=C(C(=Cc1ccccn1)c1nc2ccccc2s1)c1ccccc1. The van der Waals surface area contributed by atoms with Crippen LogP contribution in [0.1, 0.15) is 21.1 Å². The van der Waals surface area contributed by atoms with Crippen LogP contribution in [0.25, 0.3) is 21.9 Å². The van der Waals surface area contributed by atoms with Crippen molar-refractivity contribution in [2.75, 3.05) is 0 Å². The first-order chi connectivity index (χ1) is 12.3. The molecule has 0 aliphatic rings. The molecule has 0 N–H and O–H groups in total. The van der Waals surface area contributed by atoms with Crippen molar-refractivity contribution >= 4 is 39.0 Å². The van der Waals surface area contributed by atoms with Crippen LogP contribution in [0.5, 0.6) is 0 Å². The van der Waals surface area contributed by atoms with Gasteiger partial charge in [-0.15, -0.1) is 11.3 Å². The van der Waals surface area contributed by atoms with E-state index in [1.807, 2.05) is 78.9 Å². The van der Waals surface area contributed by atoms with Crippen LogP contribution in [0.2, 0.25) is 0 Å². The molecule has 0 unspecified atom stereocenters. The molecule has 25 heavy (non-hydrogen) atoms. The summed E-state index contributed by atoms with van der Waals surface area (Å²) in [6.07, 6.45) is 3.53. The third kappa shape index (κ3) is 3.25. The molecule has 0 atom stereocenters. The molecule has 3 nitrogen and oxygen atoms in total. The van der Waals surface area contributed by atoms with E-state index in [0.29, 0.717) is 16.1 Å². The summed E-state index contributed by atoms with van der Waals surface area (Å²) in [6, 6.07) is 22.8. The lowest BCUT2D eigenvalue weighted by atomic mass is 10.0. The molecule has 120 valence electrons. The number of Topliss-reactive ketones (excluding diaryl/α,β-unsaturated/α-hetero) is 1. The topological polar surface area (TPSA) is 42.9 Å². The van der Waals surface area contributed by atoms with E-state index in [2.05, 4.69) is 9.97 Å². The zero-order valence-electron chi connectivity index (χ0n) is 13.3. The molecule has 4 heteroatoms. The van der Waals surface area contributed by atoms with Crippen molar-refractivity contribution in [2.24, 2.45) is 0 Å². The maximum Gasteiger partial charge on any atom is 0.196 e. The van der Waals surface area contributed by atoms with Gasteiger partial charge in [-0.1, -0.05) is 48.5 Å². The molecule has 4 aromatic rings. The van der Waals surface area contributed by atoms with Crippen molar-refractivity contribution in [3.8, 4) is 0 Å². The van der Waals surface area contributed by atoms with Crippen LogP contribution < -0.4 is 0 Å². The van der Waals surface area contributed by atoms with Crippen LogP contribution in [0, 0.1) is 0 Å². The predicted octanol–water partition coefficient (Wildman–Crippen LogP) is 5.11. The van der Waals surface area contributed by atoms with Crippen molar-refractivity contribution in [2.45, 2.75) is 0 Å². The predicted molar refractivity (Wildman–Crippen MR) is 103 cm³/mol. The maximum atomic E-state index is 13.1. The summed E-state index contributed by atoms with van der Waals surface area (Å²) >= 11 is 1.52. The van der Waals surface area contributed by atoms with E-state index >= 15 is 0 Å². The third-order valence-corrected chi connectivity index (χ3v) is 4.85. The van der Waals surface area contributed by atoms with E-state index in [1.165, 1.54) is 11.3 Å². The van der Waals surface area contributed by atoms with Gasteiger partial charge in [0.25, 0.3) is 0 Å². The van der Waals surface area contributed by atoms with E-state index in [9.17, 15) is 4.79 Å². The van der Waals surface area contributed by atoms with Gasteiger partial charge in [0.15, 0.2) is 5.78 Å². The van der Waals surface area contributed by atoms with E-state index < -0.39 is 0 Å². The molecule has 4 rings (SSSR count). The number of aromatic nitrogens is 2. The summed E-state index contributed by atoms with van der Waals surface area (Å²) in [4.78, 5) is 22.1. The van der Waals surface area contributed by atoms with Gasteiger partial charge in [0.1, 0.15) is 5.01 Å². The largest absolute Gasteiger partial charge is 0.288 e. The molecule has 0 saturated carbocycles. The van der Waals surface area contributed by atoms with E-state index in [0.717, 1.165) is 15.9 Å². The van der Waals surface area contributed by atoms with Crippen LogP contribution >= 0.6 is 11.3 Å². The highest BCUT2D eigenvalue weighted by molar-refractivity contribution is 7.20. The first-order valence-corrected chi connectivity index (χ1v) is 8.71. The number of hydrogen-bond donors (Lipinski definition) is 0. The maximum absolute atomic E-state index is 13.1. The second-order valence-electron chi connectivity index (χ2n) is 5.49. The number of nitrogens with zero attached hydrogens (tertiary/aromatic N) is 2. The zero-order chi connectivity index (χ0) is 17.1. The van der Waals surface area contributed by atoms with E-state index in [4.69, 9.17) is 0 Å². The number of allylic oxidation sites excluding steroid dienone is 1. The van der Waals surface area contributed by atoms with Gasteiger partial charge < -0.3 is 0 Å². The zero-order valence-corrected chi connectivity index (χ0v) is 14.1. The Bertz CT molecular complexity index is 1020. The minimum absolute atomic E-state index is 0.0506. The van der Waals surface area contributed by atoms with Gasteiger partial charge in [-0.3, -0.25) is 9.78 Å². The Balaban J connectivity index is 1.86. The van der Waals surface area contributed by atoms with E-state index in [-0.39, 0.29) is 5.78 Å². The molecule has 2 heterocycles. The van der Waals surface area contributed by atoms with Crippen molar-refractivity contribution in [1.29, 1.82) is 0 Å². The lowest BCUT2D eigenvalue weighted by molar-refractivity contribution is 0.105. The van der Waals surface area contributed by atoms with Crippen LogP contribution in [0.3, 0.4) is 0 Å². The Morgan fingerprint density at radius 2 is 1.64 bits per heavy atom. The normalized spacial score (nSPS) is 11.6. The molecule has 0 fully saturated rings. The Morgan fingerprint density at radius 1 is 0.880 bits per heavy atom. The lowest BCUT2D eigenvalue weighted by Crippen LogP contribution is -2.02. The first kappa shape index (κ1) is 15.4. The molecule has 0 aliphatic heterocycles. The molecule has 0 aliphatic carbocycles. The van der Waals surface area contributed by atoms with Crippen molar-refractivity contribution in [3.63, 3.8) is 0 Å². The Kier molecular flexibility index (Phi) is 4.19. The molecule has 2 aromatic carbocycles. The first-order valence-electron chi connectivity index (χ1n) is 7.90. The average Bonchev–Trinajstić information content (AvgIpc) is 3.11. The fourth-order valence-corrected chi connectivity index (χ4v) is 3.54. The fraction of sp³-hybridized carbons (Fsp3) is 0.